The summed E-state index contributed by atoms with van der Waals surface area (Å²) in [5.41, 5.74) is 0.949. The van der Waals surface area contributed by atoms with E-state index in [0.29, 0.717) is 13.1 Å². The Hall–Kier alpha value is -1.73. The second-order valence-corrected chi connectivity index (χ2v) is 8.67. The number of aryl methyl sites for hydroxylation is 1. The molecule has 1 amide bonds. The molecule has 7 heteroatoms. The molecule has 0 radical (unpaired) electrons. The van der Waals surface area contributed by atoms with Crippen molar-refractivity contribution in [3.63, 3.8) is 0 Å². The first-order valence-electron chi connectivity index (χ1n) is 10.8. The Balaban J connectivity index is 1.40. The number of hydrogen-bond donors (Lipinski definition) is 0. The zero-order valence-corrected chi connectivity index (χ0v) is 17.1. The van der Waals surface area contributed by atoms with Crippen molar-refractivity contribution in [2.45, 2.75) is 70.6 Å². The van der Waals surface area contributed by atoms with E-state index in [0.717, 1.165) is 69.8 Å². The predicted molar refractivity (Wildman–Crippen MR) is 106 cm³/mol. The lowest BCUT2D eigenvalue weighted by Gasteiger charge is -2.35. The molecule has 154 valence electrons. The van der Waals surface area contributed by atoms with E-state index in [4.69, 9.17) is 9.72 Å². The minimum absolute atomic E-state index is 0.0722. The van der Waals surface area contributed by atoms with Gasteiger partial charge in [0, 0.05) is 51.1 Å². The van der Waals surface area contributed by atoms with Crippen LogP contribution >= 0.6 is 0 Å². The zero-order chi connectivity index (χ0) is 19.7. The number of carbonyl (C=O) groups is 1. The molecule has 0 saturated carbocycles. The number of fused-ring (bicyclic) bond motifs is 1. The van der Waals surface area contributed by atoms with E-state index in [1.807, 2.05) is 9.47 Å². The Bertz CT molecular complexity index is 767. The molecule has 1 aromatic rings. The fraction of sp³-hybridized carbons (Fsp3) is 0.762. The smallest absolute Gasteiger partial charge is 0.253 e. The first-order valence-corrected chi connectivity index (χ1v) is 10.8. The molecule has 0 spiro atoms. The highest BCUT2D eigenvalue weighted by Crippen LogP contribution is 2.26. The zero-order valence-electron chi connectivity index (χ0n) is 17.1. The van der Waals surface area contributed by atoms with E-state index >= 15 is 0 Å². The van der Waals surface area contributed by atoms with Crippen LogP contribution in [0, 0.1) is 0 Å². The van der Waals surface area contributed by atoms with Crippen molar-refractivity contribution < 1.29 is 9.53 Å². The normalized spacial score (nSPS) is 28.8. The average Bonchev–Trinajstić information content (AvgIpc) is 3.00. The van der Waals surface area contributed by atoms with Gasteiger partial charge in [-0.3, -0.25) is 19.1 Å². The molecule has 3 aliphatic rings. The Labute approximate surface area is 166 Å². The molecule has 0 aromatic carbocycles. The Morgan fingerprint density at radius 1 is 1.14 bits per heavy atom. The molecular formula is C21H32N4O3. The summed E-state index contributed by atoms with van der Waals surface area (Å²) in [7, 11) is 0. The molecule has 28 heavy (non-hydrogen) atoms. The lowest BCUT2D eigenvalue weighted by molar-refractivity contribution is -0.134. The maximum atomic E-state index is 12.8. The van der Waals surface area contributed by atoms with Crippen LogP contribution in [0.5, 0.6) is 0 Å². The molecule has 4 heterocycles. The van der Waals surface area contributed by atoms with E-state index in [-0.39, 0.29) is 29.6 Å². The van der Waals surface area contributed by atoms with Gasteiger partial charge in [0.2, 0.25) is 5.91 Å². The van der Waals surface area contributed by atoms with E-state index in [2.05, 4.69) is 18.7 Å². The molecule has 0 bridgehead atoms. The SMILES string of the molecule is C[C@@H]1CN(CC(=O)N2CC[C@@H](c3cc(=O)n4c(n3)CCCCC4)C2)C[C@H](C)O1. The summed E-state index contributed by atoms with van der Waals surface area (Å²) >= 11 is 0. The van der Waals surface area contributed by atoms with E-state index in [1.165, 1.54) is 0 Å². The van der Waals surface area contributed by atoms with Crippen molar-refractivity contribution in [2.24, 2.45) is 0 Å². The first-order chi connectivity index (χ1) is 13.5. The van der Waals surface area contributed by atoms with Gasteiger partial charge in [-0.05, 0) is 33.1 Å². The van der Waals surface area contributed by atoms with Gasteiger partial charge in [-0.1, -0.05) is 6.42 Å². The molecule has 3 atom stereocenters. The van der Waals surface area contributed by atoms with Gasteiger partial charge in [-0.2, -0.15) is 0 Å². The Kier molecular flexibility index (Phi) is 5.83. The summed E-state index contributed by atoms with van der Waals surface area (Å²) in [6.07, 6.45) is 5.41. The van der Waals surface area contributed by atoms with E-state index in [9.17, 15) is 9.59 Å². The number of ether oxygens (including phenoxy) is 1. The van der Waals surface area contributed by atoms with Crippen LogP contribution in [0.25, 0.3) is 0 Å². The van der Waals surface area contributed by atoms with Crippen molar-refractivity contribution in [1.82, 2.24) is 19.4 Å². The summed E-state index contributed by atoms with van der Waals surface area (Å²) in [6.45, 7) is 8.37. The molecule has 0 aliphatic carbocycles. The van der Waals surface area contributed by atoms with Gasteiger partial charge >= 0.3 is 0 Å². The molecule has 2 saturated heterocycles. The fourth-order valence-electron chi connectivity index (χ4n) is 4.88. The Morgan fingerprint density at radius 2 is 1.93 bits per heavy atom. The largest absolute Gasteiger partial charge is 0.373 e. The third-order valence-corrected chi connectivity index (χ3v) is 6.20. The molecule has 7 nitrogen and oxygen atoms in total. The standard InChI is InChI=1S/C21H32N4O3/c1-15-11-23(12-16(2)28-15)14-21(27)24-9-7-17(13-24)18-10-20(26)25-8-5-3-4-6-19(25)22-18/h10,15-17H,3-9,11-14H2,1-2H3/t15-,16+,17-/m1/s1. The van der Waals surface area contributed by atoms with Crippen molar-refractivity contribution in [3.8, 4) is 0 Å². The van der Waals surface area contributed by atoms with Crippen molar-refractivity contribution in [2.75, 3.05) is 32.7 Å². The van der Waals surface area contributed by atoms with Crippen LogP contribution in [-0.4, -0.2) is 70.2 Å². The maximum absolute atomic E-state index is 12.8. The number of nitrogens with zero attached hydrogens (tertiary/aromatic N) is 4. The van der Waals surface area contributed by atoms with Crippen LogP contribution in [0.4, 0.5) is 0 Å². The molecule has 3 aliphatic heterocycles. The second kappa shape index (κ2) is 8.33. The lowest BCUT2D eigenvalue weighted by atomic mass is 10.0. The predicted octanol–water partition coefficient (Wildman–Crippen LogP) is 1.39. The van der Waals surface area contributed by atoms with Gasteiger partial charge in [-0.25, -0.2) is 4.98 Å². The van der Waals surface area contributed by atoms with Gasteiger partial charge < -0.3 is 9.64 Å². The second-order valence-electron chi connectivity index (χ2n) is 8.67. The molecule has 0 N–H and O–H groups in total. The number of aromatic nitrogens is 2. The highest BCUT2D eigenvalue weighted by atomic mass is 16.5. The number of likely N-dealkylation sites (tertiary alicyclic amines) is 1. The topological polar surface area (TPSA) is 67.7 Å². The molecular weight excluding hydrogens is 356 g/mol. The summed E-state index contributed by atoms with van der Waals surface area (Å²) in [4.78, 5) is 34.3. The average molecular weight is 389 g/mol. The van der Waals surface area contributed by atoms with Crippen LogP contribution < -0.4 is 5.56 Å². The summed E-state index contributed by atoms with van der Waals surface area (Å²) in [5, 5.41) is 0. The number of amides is 1. The van der Waals surface area contributed by atoms with Gasteiger partial charge in [0.15, 0.2) is 0 Å². The van der Waals surface area contributed by atoms with Crippen LogP contribution in [-0.2, 0) is 22.5 Å². The minimum atomic E-state index is 0.0722. The number of hydrogen-bond acceptors (Lipinski definition) is 5. The monoisotopic (exact) mass is 388 g/mol. The van der Waals surface area contributed by atoms with Crippen LogP contribution in [0.15, 0.2) is 10.9 Å². The molecule has 0 unspecified atom stereocenters. The van der Waals surface area contributed by atoms with Gasteiger partial charge in [0.25, 0.3) is 5.56 Å². The summed E-state index contributed by atoms with van der Waals surface area (Å²) in [6, 6.07) is 1.71. The fourth-order valence-corrected chi connectivity index (χ4v) is 4.88. The van der Waals surface area contributed by atoms with Crippen molar-refractivity contribution in [3.05, 3.63) is 27.9 Å². The molecule has 4 rings (SSSR count). The third kappa shape index (κ3) is 4.30. The molecule has 2 fully saturated rings. The van der Waals surface area contributed by atoms with Crippen molar-refractivity contribution in [1.29, 1.82) is 0 Å². The maximum Gasteiger partial charge on any atom is 0.253 e. The highest BCUT2D eigenvalue weighted by molar-refractivity contribution is 5.78. The van der Waals surface area contributed by atoms with Gasteiger partial charge in [0.1, 0.15) is 5.82 Å². The van der Waals surface area contributed by atoms with Crippen molar-refractivity contribution >= 4 is 5.91 Å². The van der Waals surface area contributed by atoms with E-state index < -0.39 is 0 Å². The summed E-state index contributed by atoms with van der Waals surface area (Å²) < 4.78 is 7.60. The number of morpholine rings is 1. The minimum Gasteiger partial charge on any atom is -0.373 e. The van der Waals surface area contributed by atoms with Crippen LogP contribution in [0.1, 0.15) is 57.0 Å². The third-order valence-electron chi connectivity index (χ3n) is 6.20. The quantitative estimate of drug-likeness (QED) is 0.783. The first kappa shape index (κ1) is 19.6. The molecule has 1 aromatic heterocycles. The van der Waals surface area contributed by atoms with Gasteiger partial charge in [-0.15, -0.1) is 0 Å². The Morgan fingerprint density at radius 3 is 2.71 bits per heavy atom. The number of carbonyl (C=O) groups excluding carboxylic acids is 1. The number of rotatable bonds is 3. The van der Waals surface area contributed by atoms with Crippen LogP contribution in [0.3, 0.4) is 0 Å². The van der Waals surface area contributed by atoms with E-state index in [1.54, 1.807) is 6.07 Å². The lowest BCUT2D eigenvalue weighted by Crippen LogP contribution is -2.49. The summed E-state index contributed by atoms with van der Waals surface area (Å²) in [5.74, 6) is 1.28. The van der Waals surface area contributed by atoms with Gasteiger partial charge in [0.05, 0.1) is 24.4 Å². The van der Waals surface area contributed by atoms with Crippen LogP contribution in [0.2, 0.25) is 0 Å². The highest BCUT2D eigenvalue weighted by Gasteiger charge is 2.31.